The summed E-state index contributed by atoms with van der Waals surface area (Å²) in [7, 11) is 0. The number of hydrogen-bond donors (Lipinski definition) is 1. The molecule has 1 N–H and O–H groups in total. The molecule has 148 valence electrons. The number of ether oxygens (including phenoxy) is 1. The van der Waals surface area contributed by atoms with Crippen molar-refractivity contribution in [1.29, 1.82) is 0 Å². The van der Waals surface area contributed by atoms with Gasteiger partial charge in [-0.15, -0.1) is 0 Å². The highest BCUT2D eigenvalue weighted by molar-refractivity contribution is 5.94. The zero-order chi connectivity index (χ0) is 19.2. The van der Waals surface area contributed by atoms with Crippen LogP contribution in [0.5, 0.6) is 0 Å². The van der Waals surface area contributed by atoms with Crippen molar-refractivity contribution < 1.29 is 18.7 Å². The SMILES string of the molecule is CCOC1CCCN(C(=O)NC2CCN(C(=O)c3ccccc3F)CC2)C1. The van der Waals surface area contributed by atoms with Gasteiger partial charge in [0.25, 0.3) is 5.91 Å². The lowest BCUT2D eigenvalue weighted by atomic mass is 10.0. The van der Waals surface area contributed by atoms with Gasteiger partial charge >= 0.3 is 6.03 Å². The van der Waals surface area contributed by atoms with Crippen LogP contribution >= 0.6 is 0 Å². The maximum absolute atomic E-state index is 13.8. The number of carbonyl (C=O) groups is 2. The molecular formula is C20H28FN3O3. The Morgan fingerprint density at radius 3 is 2.59 bits per heavy atom. The summed E-state index contributed by atoms with van der Waals surface area (Å²) >= 11 is 0. The maximum Gasteiger partial charge on any atom is 0.317 e. The van der Waals surface area contributed by atoms with Gasteiger partial charge in [-0.05, 0) is 44.7 Å². The summed E-state index contributed by atoms with van der Waals surface area (Å²) in [4.78, 5) is 28.5. The molecule has 3 amide bonds. The Bertz CT molecular complexity index is 660. The molecule has 0 spiro atoms. The van der Waals surface area contributed by atoms with Crippen molar-refractivity contribution >= 4 is 11.9 Å². The van der Waals surface area contributed by atoms with E-state index in [-0.39, 0.29) is 29.6 Å². The fourth-order valence-electron chi connectivity index (χ4n) is 3.79. The summed E-state index contributed by atoms with van der Waals surface area (Å²) in [5.41, 5.74) is 0.107. The first-order valence-electron chi connectivity index (χ1n) is 9.79. The number of benzene rings is 1. The molecule has 27 heavy (non-hydrogen) atoms. The van der Waals surface area contributed by atoms with Crippen LogP contribution in [-0.2, 0) is 4.74 Å². The van der Waals surface area contributed by atoms with Gasteiger partial charge in [-0.25, -0.2) is 9.18 Å². The smallest absolute Gasteiger partial charge is 0.317 e. The highest BCUT2D eigenvalue weighted by Gasteiger charge is 2.29. The van der Waals surface area contributed by atoms with Crippen molar-refractivity contribution in [2.75, 3.05) is 32.8 Å². The Morgan fingerprint density at radius 1 is 1.15 bits per heavy atom. The largest absolute Gasteiger partial charge is 0.377 e. The van der Waals surface area contributed by atoms with Gasteiger partial charge in [0.05, 0.1) is 11.7 Å². The van der Waals surface area contributed by atoms with E-state index in [0.717, 1.165) is 19.4 Å². The Labute approximate surface area is 159 Å². The van der Waals surface area contributed by atoms with Crippen LogP contribution in [0.2, 0.25) is 0 Å². The predicted octanol–water partition coefficient (Wildman–Crippen LogP) is 2.64. The van der Waals surface area contributed by atoms with Crippen LogP contribution in [0.25, 0.3) is 0 Å². The monoisotopic (exact) mass is 377 g/mol. The van der Waals surface area contributed by atoms with Crippen LogP contribution < -0.4 is 5.32 Å². The van der Waals surface area contributed by atoms with E-state index >= 15 is 0 Å². The number of likely N-dealkylation sites (tertiary alicyclic amines) is 2. The fraction of sp³-hybridized carbons (Fsp3) is 0.600. The summed E-state index contributed by atoms with van der Waals surface area (Å²) in [5, 5.41) is 3.08. The first-order chi connectivity index (χ1) is 13.1. The molecule has 2 fully saturated rings. The summed E-state index contributed by atoms with van der Waals surface area (Å²) < 4.78 is 19.5. The second-order valence-corrected chi connectivity index (χ2v) is 7.16. The van der Waals surface area contributed by atoms with Gasteiger partial charge < -0.3 is 19.9 Å². The summed E-state index contributed by atoms with van der Waals surface area (Å²) in [6.07, 6.45) is 3.42. The molecule has 1 unspecified atom stereocenters. The Morgan fingerprint density at radius 2 is 1.89 bits per heavy atom. The standard InChI is InChI=1S/C20H28FN3O3/c1-2-27-16-6-5-11-24(14-16)20(26)22-15-9-12-23(13-10-15)19(25)17-7-3-4-8-18(17)21/h3-4,7-8,15-16H,2,5-6,9-14H2,1H3,(H,22,26). The van der Waals surface area contributed by atoms with Crippen molar-refractivity contribution in [2.45, 2.75) is 44.8 Å². The van der Waals surface area contributed by atoms with Gasteiger partial charge in [-0.2, -0.15) is 0 Å². The summed E-state index contributed by atoms with van der Waals surface area (Å²) in [6.45, 7) is 5.04. The first kappa shape index (κ1) is 19.6. The fourth-order valence-corrected chi connectivity index (χ4v) is 3.79. The van der Waals surface area contributed by atoms with Crippen LogP contribution in [0, 0.1) is 5.82 Å². The topological polar surface area (TPSA) is 61.9 Å². The molecule has 0 bridgehead atoms. The highest BCUT2D eigenvalue weighted by atomic mass is 19.1. The van der Waals surface area contributed by atoms with Gasteiger partial charge in [-0.3, -0.25) is 4.79 Å². The number of nitrogens with zero attached hydrogens (tertiary/aromatic N) is 2. The Kier molecular flexibility index (Phi) is 6.66. The van der Waals surface area contributed by atoms with Crippen molar-refractivity contribution in [3.63, 3.8) is 0 Å². The molecule has 7 heteroatoms. The lowest BCUT2D eigenvalue weighted by Gasteiger charge is -2.36. The molecule has 3 rings (SSSR count). The third-order valence-electron chi connectivity index (χ3n) is 5.28. The van der Waals surface area contributed by atoms with Crippen molar-refractivity contribution in [2.24, 2.45) is 0 Å². The molecule has 2 aliphatic heterocycles. The number of nitrogens with one attached hydrogen (secondary N) is 1. The number of hydrogen-bond acceptors (Lipinski definition) is 3. The zero-order valence-electron chi connectivity index (χ0n) is 15.8. The van der Waals surface area contributed by atoms with Crippen molar-refractivity contribution in [3.8, 4) is 0 Å². The number of piperidine rings is 2. The number of rotatable bonds is 4. The Balaban J connectivity index is 1.47. The zero-order valence-corrected chi connectivity index (χ0v) is 15.8. The molecule has 1 aromatic carbocycles. The van der Waals surface area contributed by atoms with Crippen LogP contribution in [-0.4, -0.2) is 66.7 Å². The van der Waals surface area contributed by atoms with E-state index in [1.54, 1.807) is 17.0 Å². The molecule has 0 saturated carbocycles. The van der Waals surface area contributed by atoms with Crippen LogP contribution in [0.15, 0.2) is 24.3 Å². The third-order valence-corrected chi connectivity index (χ3v) is 5.28. The van der Waals surface area contributed by atoms with E-state index in [2.05, 4.69) is 5.32 Å². The minimum Gasteiger partial charge on any atom is -0.377 e. The average molecular weight is 377 g/mol. The van der Waals surface area contributed by atoms with Gasteiger partial charge in [0, 0.05) is 38.8 Å². The molecular weight excluding hydrogens is 349 g/mol. The number of halogens is 1. The molecule has 1 atom stereocenters. The third kappa shape index (κ3) is 4.97. The van der Waals surface area contributed by atoms with Gasteiger partial charge in [0.1, 0.15) is 5.82 Å². The molecule has 0 aliphatic carbocycles. The maximum atomic E-state index is 13.8. The van der Waals surface area contributed by atoms with E-state index in [1.165, 1.54) is 12.1 Å². The van der Waals surface area contributed by atoms with E-state index < -0.39 is 5.82 Å². The van der Waals surface area contributed by atoms with Gasteiger partial charge in [0.2, 0.25) is 0 Å². The van der Waals surface area contributed by atoms with E-state index in [0.29, 0.717) is 39.1 Å². The lowest BCUT2D eigenvalue weighted by Crippen LogP contribution is -2.53. The summed E-state index contributed by atoms with van der Waals surface area (Å²) in [6, 6.07) is 6.03. The van der Waals surface area contributed by atoms with Crippen LogP contribution in [0.1, 0.15) is 43.0 Å². The van der Waals surface area contributed by atoms with Crippen LogP contribution in [0.3, 0.4) is 0 Å². The molecule has 0 radical (unpaired) electrons. The number of amides is 3. The summed E-state index contributed by atoms with van der Waals surface area (Å²) in [5.74, 6) is -0.777. The molecule has 2 heterocycles. The molecule has 2 aliphatic rings. The first-order valence-corrected chi connectivity index (χ1v) is 9.79. The molecule has 6 nitrogen and oxygen atoms in total. The minimum absolute atomic E-state index is 0.0367. The number of urea groups is 1. The predicted molar refractivity (Wildman–Crippen MR) is 100 cm³/mol. The van der Waals surface area contributed by atoms with Gasteiger partial charge in [0.15, 0.2) is 0 Å². The van der Waals surface area contributed by atoms with Crippen molar-refractivity contribution in [1.82, 2.24) is 15.1 Å². The van der Waals surface area contributed by atoms with E-state index in [9.17, 15) is 14.0 Å². The average Bonchev–Trinajstić information content (AvgIpc) is 2.69. The van der Waals surface area contributed by atoms with E-state index in [4.69, 9.17) is 4.74 Å². The normalized spacial score (nSPS) is 21.2. The number of carbonyl (C=O) groups excluding carboxylic acids is 2. The Hall–Kier alpha value is -2.15. The second kappa shape index (κ2) is 9.17. The molecule has 2 saturated heterocycles. The second-order valence-electron chi connectivity index (χ2n) is 7.16. The lowest BCUT2D eigenvalue weighted by molar-refractivity contribution is 0.0158. The highest BCUT2D eigenvalue weighted by Crippen LogP contribution is 2.17. The van der Waals surface area contributed by atoms with E-state index in [1.807, 2.05) is 11.8 Å². The quantitative estimate of drug-likeness (QED) is 0.877. The minimum atomic E-state index is -0.494. The van der Waals surface area contributed by atoms with Crippen molar-refractivity contribution in [3.05, 3.63) is 35.6 Å². The van der Waals surface area contributed by atoms with Gasteiger partial charge in [-0.1, -0.05) is 12.1 Å². The van der Waals surface area contributed by atoms with Crippen LogP contribution in [0.4, 0.5) is 9.18 Å². The molecule has 1 aromatic rings. The molecule has 0 aromatic heterocycles.